The van der Waals surface area contributed by atoms with E-state index < -0.39 is 24.5 Å². The fourth-order valence-corrected chi connectivity index (χ4v) is 0.906. The Morgan fingerprint density at radius 2 is 2.07 bits per heavy atom. The van der Waals surface area contributed by atoms with Crippen LogP contribution in [0.2, 0.25) is 0 Å². The number of ether oxygens (including phenoxy) is 1. The van der Waals surface area contributed by atoms with E-state index in [2.05, 4.69) is 9.72 Å². The number of rotatable bonds is 2. The zero-order valence-electron chi connectivity index (χ0n) is 7.60. The van der Waals surface area contributed by atoms with Crippen molar-refractivity contribution in [2.45, 2.75) is 20.0 Å². The van der Waals surface area contributed by atoms with Crippen molar-refractivity contribution in [1.29, 1.82) is 0 Å². The first-order chi connectivity index (χ1) is 6.83. The summed E-state index contributed by atoms with van der Waals surface area (Å²) in [6.45, 7) is 0.0762. The van der Waals surface area contributed by atoms with Gasteiger partial charge in [-0.25, -0.2) is 9.37 Å². The molecule has 1 rings (SSSR count). The maximum Gasteiger partial charge on any atom is 0.574 e. The minimum absolute atomic E-state index is 0.0635. The van der Waals surface area contributed by atoms with E-state index in [1.165, 1.54) is 6.92 Å². The van der Waals surface area contributed by atoms with Gasteiger partial charge in [-0.2, -0.15) is 0 Å². The molecule has 1 aromatic heterocycles. The van der Waals surface area contributed by atoms with Gasteiger partial charge in [0.05, 0.1) is 5.69 Å². The SMILES string of the molecule is Cc1nc(OC(F)(F)F)c(CF)cc1O. The number of nitrogens with zero attached hydrogens (tertiary/aromatic N) is 1. The van der Waals surface area contributed by atoms with Crippen LogP contribution in [0.3, 0.4) is 0 Å². The summed E-state index contributed by atoms with van der Waals surface area (Å²) in [6, 6.07) is 0.851. The van der Waals surface area contributed by atoms with Crippen molar-refractivity contribution in [2.24, 2.45) is 0 Å². The molecule has 3 nitrogen and oxygen atoms in total. The molecule has 0 radical (unpaired) electrons. The van der Waals surface area contributed by atoms with Gasteiger partial charge in [0.2, 0.25) is 5.88 Å². The van der Waals surface area contributed by atoms with Crippen LogP contribution in [0.15, 0.2) is 6.07 Å². The zero-order valence-corrected chi connectivity index (χ0v) is 7.60. The third-order valence-corrected chi connectivity index (χ3v) is 1.58. The van der Waals surface area contributed by atoms with Crippen molar-refractivity contribution in [3.8, 4) is 11.6 Å². The number of aryl methyl sites for hydroxylation is 1. The van der Waals surface area contributed by atoms with Crippen LogP contribution in [-0.2, 0) is 6.67 Å². The minimum atomic E-state index is -4.93. The number of pyridine rings is 1. The molecule has 15 heavy (non-hydrogen) atoms. The van der Waals surface area contributed by atoms with Crippen LogP contribution >= 0.6 is 0 Å². The maximum absolute atomic E-state index is 12.3. The molecule has 0 fully saturated rings. The van der Waals surface area contributed by atoms with Gasteiger partial charge in [-0.1, -0.05) is 0 Å². The molecule has 0 aliphatic heterocycles. The van der Waals surface area contributed by atoms with Crippen molar-refractivity contribution < 1.29 is 27.4 Å². The molecule has 1 aromatic rings. The van der Waals surface area contributed by atoms with Crippen LogP contribution in [0, 0.1) is 6.92 Å². The Labute approximate surface area is 82.3 Å². The molecule has 0 atom stereocenters. The normalized spacial score (nSPS) is 11.5. The first-order valence-corrected chi connectivity index (χ1v) is 3.84. The second-order valence-corrected chi connectivity index (χ2v) is 2.74. The van der Waals surface area contributed by atoms with E-state index in [9.17, 15) is 17.6 Å². The van der Waals surface area contributed by atoms with E-state index >= 15 is 0 Å². The van der Waals surface area contributed by atoms with Gasteiger partial charge in [0, 0.05) is 5.56 Å². The summed E-state index contributed by atoms with van der Waals surface area (Å²) in [7, 11) is 0. The van der Waals surface area contributed by atoms with Crippen molar-refractivity contribution in [1.82, 2.24) is 4.98 Å². The van der Waals surface area contributed by atoms with Gasteiger partial charge >= 0.3 is 6.36 Å². The average molecular weight is 225 g/mol. The van der Waals surface area contributed by atoms with Crippen molar-refractivity contribution >= 4 is 0 Å². The summed E-state index contributed by atoms with van der Waals surface area (Å²) >= 11 is 0. The summed E-state index contributed by atoms with van der Waals surface area (Å²) in [4.78, 5) is 3.30. The average Bonchev–Trinajstić information content (AvgIpc) is 2.08. The number of alkyl halides is 4. The molecule has 0 aromatic carbocycles. The Morgan fingerprint density at radius 1 is 1.47 bits per heavy atom. The van der Waals surface area contributed by atoms with E-state index in [0.29, 0.717) is 0 Å². The van der Waals surface area contributed by atoms with Crippen molar-refractivity contribution in [2.75, 3.05) is 0 Å². The molecule has 0 bridgehead atoms. The lowest BCUT2D eigenvalue weighted by Gasteiger charge is -2.11. The predicted molar refractivity (Wildman–Crippen MR) is 42.1 cm³/mol. The van der Waals surface area contributed by atoms with E-state index in [4.69, 9.17) is 5.11 Å². The van der Waals surface area contributed by atoms with Gasteiger partial charge in [-0.15, -0.1) is 13.2 Å². The van der Waals surface area contributed by atoms with E-state index in [-0.39, 0.29) is 11.4 Å². The van der Waals surface area contributed by atoms with Crippen LogP contribution in [0.25, 0.3) is 0 Å². The van der Waals surface area contributed by atoms with Crippen LogP contribution in [-0.4, -0.2) is 16.5 Å². The predicted octanol–water partition coefficient (Wildman–Crippen LogP) is 2.46. The third kappa shape index (κ3) is 2.97. The van der Waals surface area contributed by atoms with E-state index in [1.807, 2.05) is 0 Å². The molecular formula is C8H7F4NO2. The molecule has 1 N–H and O–H groups in total. The second kappa shape index (κ2) is 3.92. The highest BCUT2D eigenvalue weighted by atomic mass is 19.4. The lowest BCUT2D eigenvalue weighted by Crippen LogP contribution is -2.19. The molecule has 0 amide bonds. The van der Waals surface area contributed by atoms with E-state index in [0.717, 1.165) is 6.07 Å². The highest BCUT2D eigenvalue weighted by Crippen LogP contribution is 2.29. The van der Waals surface area contributed by atoms with Crippen LogP contribution < -0.4 is 4.74 Å². The van der Waals surface area contributed by atoms with Gasteiger partial charge in [0.25, 0.3) is 0 Å². The summed E-state index contributed by atoms with van der Waals surface area (Å²) in [5.41, 5.74) is -0.512. The molecule has 0 spiro atoms. The quantitative estimate of drug-likeness (QED) is 0.786. The molecule has 1 heterocycles. The van der Waals surface area contributed by atoms with Crippen LogP contribution in [0.5, 0.6) is 11.6 Å². The Bertz CT molecular complexity index is 364. The Hall–Kier alpha value is -1.53. The van der Waals surface area contributed by atoms with Gasteiger partial charge in [0.15, 0.2) is 0 Å². The second-order valence-electron chi connectivity index (χ2n) is 2.74. The molecule has 84 valence electrons. The summed E-state index contributed by atoms with van der Waals surface area (Å²) < 4.78 is 51.3. The number of aromatic nitrogens is 1. The monoisotopic (exact) mass is 225 g/mol. The zero-order chi connectivity index (χ0) is 11.6. The first-order valence-electron chi connectivity index (χ1n) is 3.84. The molecular weight excluding hydrogens is 218 g/mol. The largest absolute Gasteiger partial charge is 0.574 e. The van der Waals surface area contributed by atoms with E-state index in [1.54, 1.807) is 0 Å². The fourth-order valence-electron chi connectivity index (χ4n) is 0.906. The minimum Gasteiger partial charge on any atom is -0.506 e. The van der Waals surface area contributed by atoms with Gasteiger partial charge in [-0.3, -0.25) is 0 Å². The molecule has 0 unspecified atom stereocenters. The number of hydrogen-bond acceptors (Lipinski definition) is 3. The highest BCUT2D eigenvalue weighted by Gasteiger charge is 2.33. The molecule has 7 heteroatoms. The fraction of sp³-hybridized carbons (Fsp3) is 0.375. The summed E-state index contributed by atoms with van der Waals surface area (Å²) in [5.74, 6) is -1.25. The number of halogens is 4. The number of hydrogen-bond donors (Lipinski definition) is 1. The maximum atomic E-state index is 12.3. The van der Waals surface area contributed by atoms with Crippen molar-refractivity contribution in [3.05, 3.63) is 17.3 Å². The van der Waals surface area contributed by atoms with Gasteiger partial charge in [0.1, 0.15) is 12.4 Å². The Morgan fingerprint density at radius 3 is 2.53 bits per heavy atom. The lowest BCUT2D eigenvalue weighted by atomic mass is 10.2. The smallest absolute Gasteiger partial charge is 0.506 e. The van der Waals surface area contributed by atoms with Crippen LogP contribution in [0.1, 0.15) is 11.3 Å². The Kier molecular flexibility index (Phi) is 3.01. The number of aromatic hydroxyl groups is 1. The van der Waals surface area contributed by atoms with Gasteiger partial charge < -0.3 is 9.84 Å². The van der Waals surface area contributed by atoms with Crippen LogP contribution in [0.4, 0.5) is 17.6 Å². The lowest BCUT2D eigenvalue weighted by molar-refractivity contribution is -0.276. The van der Waals surface area contributed by atoms with Crippen molar-refractivity contribution in [3.63, 3.8) is 0 Å². The summed E-state index contributed by atoms with van der Waals surface area (Å²) in [5, 5.41) is 9.09. The highest BCUT2D eigenvalue weighted by molar-refractivity contribution is 5.36. The third-order valence-electron chi connectivity index (χ3n) is 1.58. The molecule has 0 saturated heterocycles. The Balaban J connectivity index is 3.11. The molecule has 0 saturated carbocycles. The standard InChI is InChI=1S/C8H7F4NO2/c1-4-6(14)2-5(3-9)7(13-4)15-8(10,11)12/h2,14H,3H2,1H3. The molecule has 0 aliphatic rings. The molecule has 0 aliphatic carbocycles. The first kappa shape index (κ1) is 11.5. The topological polar surface area (TPSA) is 42.4 Å². The summed E-state index contributed by atoms with van der Waals surface area (Å²) in [6.07, 6.45) is -4.93. The van der Waals surface area contributed by atoms with Gasteiger partial charge in [-0.05, 0) is 13.0 Å².